The SMILES string of the molecule is C=C(C)C(=O)NCCCC(CC)C(C)(C)N. The van der Waals surface area contributed by atoms with Crippen molar-refractivity contribution in [1.29, 1.82) is 0 Å². The highest BCUT2D eigenvalue weighted by molar-refractivity contribution is 5.91. The largest absolute Gasteiger partial charge is 0.352 e. The number of nitrogens with one attached hydrogen (secondary N) is 1. The molecular formula is C13H26N2O. The number of rotatable bonds is 7. The average molecular weight is 226 g/mol. The molecule has 0 aromatic carbocycles. The van der Waals surface area contributed by atoms with Gasteiger partial charge in [-0.25, -0.2) is 0 Å². The van der Waals surface area contributed by atoms with Crippen LogP contribution in [0, 0.1) is 5.92 Å². The second-order valence-electron chi connectivity index (χ2n) is 5.10. The van der Waals surface area contributed by atoms with E-state index < -0.39 is 0 Å². The number of nitrogens with two attached hydrogens (primary N) is 1. The van der Waals surface area contributed by atoms with Crippen LogP contribution in [0.2, 0.25) is 0 Å². The minimum atomic E-state index is -0.132. The van der Waals surface area contributed by atoms with Crippen molar-refractivity contribution in [2.24, 2.45) is 11.7 Å². The molecule has 0 aliphatic rings. The molecule has 0 aliphatic heterocycles. The van der Waals surface area contributed by atoms with Gasteiger partial charge >= 0.3 is 0 Å². The third-order valence-electron chi connectivity index (χ3n) is 2.95. The molecule has 1 amide bonds. The summed E-state index contributed by atoms with van der Waals surface area (Å²) in [6.07, 6.45) is 3.10. The van der Waals surface area contributed by atoms with Crippen LogP contribution in [-0.4, -0.2) is 18.0 Å². The fourth-order valence-corrected chi connectivity index (χ4v) is 1.80. The van der Waals surface area contributed by atoms with Gasteiger partial charge in [-0.3, -0.25) is 4.79 Å². The van der Waals surface area contributed by atoms with E-state index in [-0.39, 0.29) is 11.4 Å². The average Bonchev–Trinajstić information content (AvgIpc) is 2.15. The van der Waals surface area contributed by atoms with Gasteiger partial charge in [0.1, 0.15) is 0 Å². The van der Waals surface area contributed by atoms with Gasteiger partial charge in [0, 0.05) is 17.7 Å². The Morgan fingerprint density at radius 1 is 1.50 bits per heavy atom. The van der Waals surface area contributed by atoms with Gasteiger partial charge in [0.2, 0.25) is 5.91 Å². The Hall–Kier alpha value is -0.830. The van der Waals surface area contributed by atoms with Crippen LogP contribution in [-0.2, 0) is 4.79 Å². The first kappa shape index (κ1) is 15.2. The lowest BCUT2D eigenvalue weighted by molar-refractivity contribution is -0.117. The molecule has 3 nitrogen and oxygen atoms in total. The molecule has 0 aromatic heterocycles. The van der Waals surface area contributed by atoms with Crippen molar-refractivity contribution in [1.82, 2.24) is 5.32 Å². The van der Waals surface area contributed by atoms with Gasteiger partial charge in [0.15, 0.2) is 0 Å². The molecule has 1 unspecified atom stereocenters. The van der Waals surface area contributed by atoms with Crippen molar-refractivity contribution in [3.63, 3.8) is 0 Å². The van der Waals surface area contributed by atoms with Gasteiger partial charge in [-0.15, -0.1) is 0 Å². The highest BCUT2D eigenvalue weighted by Crippen LogP contribution is 2.22. The summed E-state index contributed by atoms with van der Waals surface area (Å²) in [5, 5.41) is 2.83. The Bertz CT molecular complexity index is 241. The minimum Gasteiger partial charge on any atom is -0.352 e. The van der Waals surface area contributed by atoms with E-state index in [2.05, 4.69) is 32.7 Å². The molecule has 0 fully saturated rings. The molecular weight excluding hydrogens is 200 g/mol. The monoisotopic (exact) mass is 226 g/mol. The Morgan fingerprint density at radius 3 is 2.44 bits per heavy atom. The van der Waals surface area contributed by atoms with E-state index in [4.69, 9.17) is 5.73 Å². The van der Waals surface area contributed by atoms with Crippen LogP contribution in [0.5, 0.6) is 0 Å². The Labute approximate surface area is 99.5 Å². The summed E-state index contributed by atoms with van der Waals surface area (Å²) < 4.78 is 0. The summed E-state index contributed by atoms with van der Waals surface area (Å²) in [5.41, 5.74) is 6.51. The first-order valence-corrected chi connectivity index (χ1v) is 6.01. The molecule has 0 aliphatic carbocycles. The summed E-state index contributed by atoms with van der Waals surface area (Å²) in [6, 6.07) is 0. The number of carbonyl (C=O) groups excluding carboxylic acids is 1. The summed E-state index contributed by atoms with van der Waals surface area (Å²) in [7, 11) is 0. The van der Waals surface area contributed by atoms with E-state index in [0.717, 1.165) is 19.3 Å². The molecule has 0 aromatic rings. The van der Waals surface area contributed by atoms with E-state index in [9.17, 15) is 4.79 Å². The Morgan fingerprint density at radius 2 is 2.06 bits per heavy atom. The van der Waals surface area contributed by atoms with Gasteiger partial charge in [-0.2, -0.15) is 0 Å². The van der Waals surface area contributed by atoms with E-state index in [1.54, 1.807) is 6.92 Å². The van der Waals surface area contributed by atoms with Crippen LogP contribution >= 0.6 is 0 Å². The molecule has 0 saturated carbocycles. The van der Waals surface area contributed by atoms with Crippen LogP contribution in [0.4, 0.5) is 0 Å². The smallest absolute Gasteiger partial charge is 0.246 e. The molecule has 3 heteroatoms. The van der Waals surface area contributed by atoms with Crippen LogP contribution < -0.4 is 11.1 Å². The van der Waals surface area contributed by atoms with Crippen LogP contribution in [0.15, 0.2) is 12.2 Å². The lowest BCUT2D eigenvalue weighted by Crippen LogP contribution is -2.41. The predicted molar refractivity (Wildman–Crippen MR) is 69.1 cm³/mol. The minimum absolute atomic E-state index is 0.0555. The maximum atomic E-state index is 11.2. The quantitative estimate of drug-likeness (QED) is 0.516. The first-order chi connectivity index (χ1) is 7.29. The molecule has 0 bridgehead atoms. The fraction of sp³-hybridized carbons (Fsp3) is 0.769. The second-order valence-corrected chi connectivity index (χ2v) is 5.10. The lowest BCUT2D eigenvalue weighted by atomic mass is 9.83. The van der Waals surface area contributed by atoms with E-state index in [1.165, 1.54) is 0 Å². The van der Waals surface area contributed by atoms with Crippen molar-refractivity contribution in [3.8, 4) is 0 Å². The van der Waals surface area contributed by atoms with E-state index in [1.807, 2.05) is 0 Å². The Balaban J connectivity index is 3.81. The molecule has 0 rings (SSSR count). The third kappa shape index (κ3) is 5.91. The standard InChI is InChI=1S/C13H26N2O/c1-6-11(13(4,5)14)8-7-9-15-12(16)10(2)3/h11H,2,6-9,14H2,1,3-5H3,(H,15,16). The molecule has 1 atom stereocenters. The van der Waals surface area contributed by atoms with Gasteiger partial charge in [0.05, 0.1) is 0 Å². The molecule has 94 valence electrons. The van der Waals surface area contributed by atoms with Crippen molar-refractivity contribution in [3.05, 3.63) is 12.2 Å². The second kappa shape index (κ2) is 6.69. The molecule has 0 spiro atoms. The summed E-state index contributed by atoms with van der Waals surface area (Å²) in [4.78, 5) is 11.2. The van der Waals surface area contributed by atoms with Crippen LogP contribution in [0.3, 0.4) is 0 Å². The van der Waals surface area contributed by atoms with Gasteiger partial charge in [-0.1, -0.05) is 19.9 Å². The zero-order valence-electron chi connectivity index (χ0n) is 11.1. The number of amides is 1. The highest BCUT2D eigenvalue weighted by Gasteiger charge is 2.22. The van der Waals surface area contributed by atoms with Crippen molar-refractivity contribution >= 4 is 5.91 Å². The maximum absolute atomic E-state index is 11.2. The predicted octanol–water partition coefficient (Wildman–Crippen LogP) is 2.22. The summed E-state index contributed by atoms with van der Waals surface area (Å²) in [5.74, 6) is 0.453. The Kier molecular flexibility index (Phi) is 6.34. The normalized spacial score (nSPS) is 13.3. The lowest BCUT2D eigenvalue weighted by Gasteiger charge is -2.29. The van der Waals surface area contributed by atoms with Crippen LogP contribution in [0.1, 0.15) is 47.0 Å². The maximum Gasteiger partial charge on any atom is 0.246 e. The van der Waals surface area contributed by atoms with Crippen LogP contribution in [0.25, 0.3) is 0 Å². The van der Waals surface area contributed by atoms with Crippen molar-refractivity contribution in [2.45, 2.75) is 52.5 Å². The van der Waals surface area contributed by atoms with E-state index >= 15 is 0 Å². The zero-order chi connectivity index (χ0) is 12.8. The molecule has 0 saturated heterocycles. The van der Waals surface area contributed by atoms with Gasteiger partial charge in [0.25, 0.3) is 0 Å². The fourth-order valence-electron chi connectivity index (χ4n) is 1.80. The highest BCUT2D eigenvalue weighted by atomic mass is 16.1. The molecule has 0 radical (unpaired) electrons. The van der Waals surface area contributed by atoms with Crippen molar-refractivity contribution < 1.29 is 4.79 Å². The van der Waals surface area contributed by atoms with Gasteiger partial charge in [-0.05, 0) is 39.5 Å². The molecule has 3 N–H and O–H groups in total. The topological polar surface area (TPSA) is 55.1 Å². The number of carbonyl (C=O) groups is 1. The zero-order valence-corrected chi connectivity index (χ0v) is 11.1. The first-order valence-electron chi connectivity index (χ1n) is 6.01. The number of hydrogen-bond donors (Lipinski definition) is 2. The molecule has 16 heavy (non-hydrogen) atoms. The molecule has 0 heterocycles. The summed E-state index contributed by atoms with van der Waals surface area (Å²) >= 11 is 0. The van der Waals surface area contributed by atoms with Crippen molar-refractivity contribution in [2.75, 3.05) is 6.54 Å². The summed E-state index contributed by atoms with van der Waals surface area (Å²) in [6.45, 7) is 12.3. The number of hydrogen-bond acceptors (Lipinski definition) is 2. The third-order valence-corrected chi connectivity index (χ3v) is 2.95. The van der Waals surface area contributed by atoms with Gasteiger partial charge < -0.3 is 11.1 Å². The van der Waals surface area contributed by atoms with E-state index in [0.29, 0.717) is 18.0 Å².